The van der Waals surface area contributed by atoms with E-state index >= 15 is 0 Å². The summed E-state index contributed by atoms with van der Waals surface area (Å²) >= 11 is 5.77. The van der Waals surface area contributed by atoms with Gasteiger partial charge in [-0.05, 0) is 43.7 Å². The van der Waals surface area contributed by atoms with Crippen LogP contribution in [-0.2, 0) is 0 Å². The van der Waals surface area contributed by atoms with E-state index in [1.165, 1.54) is 0 Å². The Balaban J connectivity index is 1.94. The molecule has 1 aliphatic heterocycles. The number of rotatable bonds is 2. The minimum absolute atomic E-state index is 0.0228. The third kappa shape index (κ3) is 2.97. The Morgan fingerprint density at radius 2 is 2.12 bits per heavy atom. The zero-order valence-corrected chi connectivity index (χ0v) is 9.76. The molecular weight excluding hydrogens is 224 g/mol. The van der Waals surface area contributed by atoms with Crippen molar-refractivity contribution in [3.05, 3.63) is 34.9 Å². The topological polar surface area (TPSA) is 41.1 Å². The van der Waals surface area contributed by atoms with E-state index in [1.807, 2.05) is 0 Å². The lowest BCUT2D eigenvalue weighted by molar-refractivity contribution is 0.0930. The van der Waals surface area contributed by atoms with Crippen molar-refractivity contribution in [3.63, 3.8) is 0 Å². The van der Waals surface area contributed by atoms with Gasteiger partial charge in [-0.25, -0.2) is 0 Å². The maximum Gasteiger partial charge on any atom is 0.251 e. The number of benzene rings is 1. The molecule has 16 heavy (non-hydrogen) atoms. The highest BCUT2D eigenvalue weighted by molar-refractivity contribution is 6.30. The number of carbonyl (C=O) groups excluding carboxylic acids is 1. The third-order valence-corrected chi connectivity index (χ3v) is 2.99. The standard InChI is InChI=1S/C12H15ClN2O/c13-10-5-3-9(4-6-10)12(16)15-11-2-1-7-14-8-11/h3-6,11,14H,1-2,7-8H2,(H,15,16)/t11-/m1/s1. The van der Waals surface area contributed by atoms with E-state index in [4.69, 9.17) is 11.6 Å². The van der Waals surface area contributed by atoms with E-state index in [0.29, 0.717) is 10.6 Å². The zero-order valence-electron chi connectivity index (χ0n) is 9.00. The monoisotopic (exact) mass is 238 g/mol. The molecular formula is C12H15ClN2O. The van der Waals surface area contributed by atoms with E-state index < -0.39 is 0 Å². The Kier molecular flexibility index (Phi) is 3.80. The molecule has 1 atom stereocenters. The first-order valence-corrected chi connectivity index (χ1v) is 5.90. The first kappa shape index (κ1) is 11.4. The van der Waals surface area contributed by atoms with Crippen LogP contribution in [-0.4, -0.2) is 25.0 Å². The molecule has 0 spiro atoms. The van der Waals surface area contributed by atoms with E-state index in [2.05, 4.69) is 10.6 Å². The molecule has 1 aromatic carbocycles. The molecule has 1 fully saturated rings. The molecule has 0 radical (unpaired) electrons. The fourth-order valence-electron chi connectivity index (χ4n) is 1.85. The Labute approximate surface area is 100 Å². The smallest absolute Gasteiger partial charge is 0.251 e. The lowest BCUT2D eigenvalue weighted by Gasteiger charge is -2.23. The van der Waals surface area contributed by atoms with Gasteiger partial charge in [0.25, 0.3) is 5.91 Å². The highest BCUT2D eigenvalue weighted by Crippen LogP contribution is 2.10. The normalized spacial score (nSPS) is 20.4. The van der Waals surface area contributed by atoms with Gasteiger partial charge in [0.2, 0.25) is 0 Å². The minimum atomic E-state index is -0.0228. The van der Waals surface area contributed by atoms with Crippen LogP contribution in [0.4, 0.5) is 0 Å². The van der Waals surface area contributed by atoms with Gasteiger partial charge in [0.1, 0.15) is 0 Å². The predicted octanol–water partition coefficient (Wildman–Crippen LogP) is 1.82. The molecule has 86 valence electrons. The van der Waals surface area contributed by atoms with Crippen molar-refractivity contribution in [2.45, 2.75) is 18.9 Å². The van der Waals surface area contributed by atoms with Crippen LogP contribution in [0, 0.1) is 0 Å². The first-order chi connectivity index (χ1) is 7.75. The van der Waals surface area contributed by atoms with Crippen LogP contribution in [0.2, 0.25) is 5.02 Å². The molecule has 1 heterocycles. The van der Waals surface area contributed by atoms with Crippen molar-refractivity contribution in [1.82, 2.24) is 10.6 Å². The second kappa shape index (κ2) is 5.32. The van der Waals surface area contributed by atoms with Crippen molar-refractivity contribution in [1.29, 1.82) is 0 Å². The molecule has 3 nitrogen and oxygen atoms in total. The molecule has 1 saturated heterocycles. The number of carbonyl (C=O) groups is 1. The maximum absolute atomic E-state index is 11.8. The molecule has 0 bridgehead atoms. The van der Waals surface area contributed by atoms with Crippen molar-refractivity contribution >= 4 is 17.5 Å². The van der Waals surface area contributed by atoms with Crippen LogP contribution >= 0.6 is 11.6 Å². The third-order valence-electron chi connectivity index (χ3n) is 2.74. The van der Waals surface area contributed by atoms with Crippen LogP contribution in [0.15, 0.2) is 24.3 Å². The molecule has 4 heteroatoms. The second-order valence-electron chi connectivity index (χ2n) is 4.02. The summed E-state index contributed by atoms with van der Waals surface area (Å²) in [5.74, 6) is -0.0228. The molecule has 2 rings (SSSR count). The van der Waals surface area contributed by atoms with Crippen LogP contribution in [0.3, 0.4) is 0 Å². The SMILES string of the molecule is O=C(N[C@@H]1CCCNC1)c1ccc(Cl)cc1. The minimum Gasteiger partial charge on any atom is -0.348 e. The van der Waals surface area contributed by atoms with Gasteiger partial charge in [-0.15, -0.1) is 0 Å². The predicted molar refractivity (Wildman–Crippen MR) is 64.8 cm³/mol. The molecule has 0 aliphatic carbocycles. The van der Waals surface area contributed by atoms with E-state index in [9.17, 15) is 4.79 Å². The van der Waals surface area contributed by atoms with Gasteiger partial charge in [0.05, 0.1) is 0 Å². The lowest BCUT2D eigenvalue weighted by Crippen LogP contribution is -2.45. The van der Waals surface area contributed by atoms with Gasteiger partial charge in [-0.3, -0.25) is 4.79 Å². The van der Waals surface area contributed by atoms with Gasteiger partial charge >= 0.3 is 0 Å². The summed E-state index contributed by atoms with van der Waals surface area (Å²) in [6.07, 6.45) is 2.16. The fraction of sp³-hybridized carbons (Fsp3) is 0.417. The molecule has 1 aromatic rings. The highest BCUT2D eigenvalue weighted by Gasteiger charge is 2.15. The number of halogens is 1. The fourth-order valence-corrected chi connectivity index (χ4v) is 1.97. The number of hydrogen-bond donors (Lipinski definition) is 2. The maximum atomic E-state index is 11.8. The Morgan fingerprint density at radius 1 is 1.38 bits per heavy atom. The zero-order chi connectivity index (χ0) is 11.4. The van der Waals surface area contributed by atoms with E-state index in [0.717, 1.165) is 25.9 Å². The molecule has 1 aliphatic rings. The van der Waals surface area contributed by atoms with Crippen LogP contribution in [0.25, 0.3) is 0 Å². The quantitative estimate of drug-likeness (QED) is 0.825. The number of amides is 1. The Bertz CT molecular complexity index is 358. The van der Waals surface area contributed by atoms with Gasteiger partial charge < -0.3 is 10.6 Å². The number of piperidine rings is 1. The summed E-state index contributed by atoms with van der Waals surface area (Å²) < 4.78 is 0. The van der Waals surface area contributed by atoms with E-state index in [-0.39, 0.29) is 11.9 Å². The molecule has 0 unspecified atom stereocenters. The lowest BCUT2D eigenvalue weighted by atomic mass is 10.1. The average Bonchev–Trinajstić information content (AvgIpc) is 2.31. The van der Waals surface area contributed by atoms with Crippen molar-refractivity contribution < 1.29 is 4.79 Å². The van der Waals surface area contributed by atoms with Gasteiger partial charge in [-0.1, -0.05) is 11.6 Å². The number of hydrogen-bond acceptors (Lipinski definition) is 2. The first-order valence-electron chi connectivity index (χ1n) is 5.53. The van der Waals surface area contributed by atoms with Crippen LogP contribution in [0.1, 0.15) is 23.2 Å². The molecule has 0 saturated carbocycles. The Hall–Kier alpha value is -1.06. The molecule has 0 aromatic heterocycles. The highest BCUT2D eigenvalue weighted by atomic mass is 35.5. The average molecular weight is 239 g/mol. The van der Waals surface area contributed by atoms with Crippen molar-refractivity contribution in [3.8, 4) is 0 Å². The van der Waals surface area contributed by atoms with Crippen molar-refractivity contribution in [2.75, 3.05) is 13.1 Å². The largest absolute Gasteiger partial charge is 0.348 e. The van der Waals surface area contributed by atoms with Gasteiger partial charge in [0.15, 0.2) is 0 Å². The summed E-state index contributed by atoms with van der Waals surface area (Å²) in [5, 5.41) is 6.92. The molecule has 2 N–H and O–H groups in total. The summed E-state index contributed by atoms with van der Waals surface area (Å²) in [6.45, 7) is 1.91. The summed E-state index contributed by atoms with van der Waals surface area (Å²) in [4.78, 5) is 11.8. The second-order valence-corrected chi connectivity index (χ2v) is 4.46. The number of nitrogens with one attached hydrogen (secondary N) is 2. The summed E-state index contributed by atoms with van der Waals surface area (Å²) in [5.41, 5.74) is 0.662. The van der Waals surface area contributed by atoms with Crippen LogP contribution in [0.5, 0.6) is 0 Å². The van der Waals surface area contributed by atoms with Gasteiger partial charge in [0, 0.05) is 23.2 Å². The van der Waals surface area contributed by atoms with Gasteiger partial charge in [-0.2, -0.15) is 0 Å². The Morgan fingerprint density at radius 3 is 2.75 bits per heavy atom. The van der Waals surface area contributed by atoms with Crippen molar-refractivity contribution in [2.24, 2.45) is 0 Å². The molecule has 1 amide bonds. The van der Waals surface area contributed by atoms with E-state index in [1.54, 1.807) is 24.3 Å². The summed E-state index contributed by atoms with van der Waals surface area (Å²) in [7, 11) is 0. The van der Waals surface area contributed by atoms with Crippen LogP contribution < -0.4 is 10.6 Å². The summed E-state index contributed by atoms with van der Waals surface area (Å²) in [6, 6.07) is 7.20.